The van der Waals surface area contributed by atoms with E-state index < -0.39 is 0 Å². The second-order valence-electron chi connectivity index (χ2n) is 7.45. The summed E-state index contributed by atoms with van der Waals surface area (Å²) in [6, 6.07) is 17.8. The van der Waals surface area contributed by atoms with Crippen LogP contribution in [0.1, 0.15) is 40.9 Å². The van der Waals surface area contributed by atoms with E-state index in [2.05, 4.69) is 20.2 Å². The van der Waals surface area contributed by atoms with Gasteiger partial charge in [-0.2, -0.15) is 0 Å². The Morgan fingerprint density at radius 2 is 1.79 bits per heavy atom. The summed E-state index contributed by atoms with van der Waals surface area (Å²) < 4.78 is 0. The normalized spacial score (nSPS) is 13.9. The number of hydrogen-bond donors (Lipinski definition) is 1. The summed E-state index contributed by atoms with van der Waals surface area (Å²) in [7, 11) is 0. The molecule has 5 nitrogen and oxygen atoms in total. The van der Waals surface area contributed by atoms with Gasteiger partial charge in [0.25, 0.3) is 5.91 Å². The average Bonchev–Trinajstić information content (AvgIpc) is 2.79. The van der Waals surface area contributed by atoms with Crippen LogP contribution in [0.25, 0.3) is 11.3 Å². The summed E-state index contributed by atoms with van der Waals surface area (Å²) in [5.74, 6) is 0.908. The number of pyridine rings is 2. The van der Waals surface area contributed by atoms with Crippen LogP contribution in [0.2, 0.25) is 0 Å². The van der Waals surface area contributed by atoms with Gasteiger partial charge in [0.1, 0.15) is 5.82 Å². The first-order valence-electron chi connectivity index (χ1n) is 10.2. The van der Waals surface area contributed by atoms with Gasteiger partial charge in [0.15, 0.2) is 0 Å². The monoisotopic (exact) mass is 386 g/mol. The van der Waals surface area contributed by atoms with Crippen molar-refractivity contribution in [1.29, 1.82) is 0 Å². The minimum absolute atomic E-state index is 0.116. The van der Waals surface area contributed by atoms with Gasteiger partial charge in [0, 0.05) is 31.4 Å². The molecule has 0 aliphatic carbocycles. The fourth-order valence-corrected chi connectivity index (χ4v) is 3.68. The second kappa shape index (κ2) is 8.86. The number of aromatic nitrogens is 2. The van der Waals surface area contributed by atoms with Crippen molar-refractivity contribution < 1.29 is 4.79 Å². The Morgan fingerprint density at radius 1 is 1.00 bits per heavy atom. The largest absolute Gasteiger partial charge is 0.357 e. The number of hydrogen-bond acceptors (Lipinski definition) is 4. The molecule has 4 rings (SSSR count). The number of piperidine rings is 1. The van der Waals surface area contributed by atoms with Crippen LogP contribution in [0.4, 0.5) is 5.82 Å². The van der Waals surface area contributed by atoms with E-state index in [4.69, 9.17) is 0 Å². The van der Waals surface area contributed by atoms with E-state index >= 15 is 0 Å². The van der Waals surface area contributed by atoms with Crippen molar-refractivity contribution >= 4 is 11.7 Å². The Balaban J connectivity index is 1.38. The predicted molar refractivity (Wildman–Crippen MR) is 116 cm³/mol. The second-order valence-corrected chi connectivity index (χ2v) is 7.45. The lowest BCUT2D eigenvalue weighted by molar-refractivity contribution is 0.0950. The molecule has 0 bridgehead atoms. The van der Waals surface area contributed by atoms with Crippen LogP contribution in [-0.2, 0) is 6.54 Å². The van der Waals surface area contributed by atoms with Gasteiger partial charge in [0.05, 0.1) is 17.0 Å². The van der Waals surface area contributed by atoms with Crippen LogP contribution < -0.4 is 10.2 Å². The molecule has 1 amide bonds. The third-order valence-electron chi connectivity index (χ3n) is 5.34. The van der Waals surface area contributed by atoms with Crippen LogP contribution >= 0.6 is 0 Å². The smallest absolute Gasteiger partial charge is 0.253 e. The molecule has 0 atom stereocenters. The Morgan fingerprint density at radius 3 is 2.48 bits per heavy atom. The fraction of sp³-hybridized carbons (Fsp3) is 0.292. The zero-order chi connectivity index (χ0) is 20.1. The highest BCUT2D eigenvalue weighted by Gasteiger charge is 2.13. The van der Waals surface area contributed by atoms with Crippen LogP contribution in [0.15, 0.2) is 60.8 Å². The predicted octanol–water partition coefficient (Wildman–Crippen LogP) is 4.37. The average molecular weight is 386 g/mol. The van der Waals surface area contributed by atoms with E-state index in [9.17, 15) is 4.79 Å². The molecule has 0 unspecified atom stereocenters. The van der Waals surface area contributed by atoms with E-state index in [1.807, 2.05) is 67.7 Å². The topological polar surface area (TPSA) is 58.1 Å². The van der Waals surface area contributed by atoms with Gasteiger partial charge in [0.2, 0.25) is 0 Å². The van der Waals surface area contributed by atoms with Crippen LogP contribution in [-0.4, -0.2) is 29.0 Å². The molecule has 1 fully saturated rings. The summed E-state index contributed by atoms with van der Waals surface area (Å²) in [5.41, 5.74) is 4.23. The summed E-state index contributed by atoms with van der Waals surface area (Å²) in [6.07, 6.45) is 5.63. The first kappa shape index (κ1) is 19.1. The molecule has 0 radical (unpaired) electrons. The van der Waals surface area contributed by atoms with Crippen molar-refractivity contribution in [3.8, 4) is 11.3 Å². The lowest BCUT2D eigenvalue weighted by Gasteiger charge is -2.27. The number of anilines is 1. The van der Waals surface area contributed by atoms with Crippen LogP contribution in [0.5, 0.6) is 0 Å². The van der Waals surface area contributed by atoms with Gasteiger partial charge in [-0.25, -0.2) is 4.98 Å². The van der Waals surface area contributed by atoms with Gasteiger partial charge >= 0.3 is 0 Å². The molecule has 0 saturated carbocycles. The number of aryl methyl sites for hydroxylation is 1. The van der Waals surface area contributed by atoms with Gasteiger partial charge in [-0.1, -0.05) is 36.4 Å². The summed E-state index contributed by atoms with van der Waals surface area (Å²) >= 11 is 0. The van der Waals surface area contributed by atoms with Crippen molar-refractivity contribution in [3.63, 3.8) is 0 Å². The highest BCUT2D eigenvalue weighted by molar-refractivity contribution is 5.95. The minimum Gasteiger partial charge on any atom is -0.357 e. The standard InChI is InChI=1S/C24H26N4O/c1-18-21(11-12-22(27-18)20-8-4-2-5-9-20)24(29)26-17-19-10-13-23(25-16-19)28-14-6-3-7-15-28/h2,4-5,8-13,16H,3,6-7,14-15,17H2,1H3,(H,26,29). The van der Waals surface area contributed by atoms with E-state index in [1.54, 1.807) is 0 Å². The highest BCUT2D eigenvalue weighted by atomic mass is 16.1. The molecule has 1 aromatic carbocycles. The zero-order valence-corrected chi connectivity index (χ0v) is 16.8. The number of amides is 1. The van der Waals surface area contributed by atoms with E-state index in [0.29, 0.717) is 12.1 Å². The molecule has 1 aliphatic rings. The summed E-state index contributed by atoms with van der Waals surface area (Å²) in [5, 5.41) is 2.98. The zero-order valence-electron chi connectivity index (χ0n) is 16.8. The molecule has 3 heterocycles. The molecule has 3 aromatic rings. The van der Waals surface area contributed by atoms with E-state index in [-0.39, 0.29) is 5.91 Å². The third kappa shape index (κ3) is 4.62. The number of carbonyl (C=O) groups excluding carboxylic acids is 1. The first-order chi connectivity index (χ1) is 14.2. The summed E-state index contributed by atoms with van der Waals surface area (Å²) in [6.45, 7) is 4.48. The maximum absolute atomic E-state index is 12.6. The number of nitrogens with zero attached hydrogens (tertiary/aromatic N) is 3. The number of rotatable bonds is 5. The third-order valence-corrected chi connectivity index (χ3v) is 5.34. The Labute approximate surface area is 171 Å². The van der Waals surface area contributed by atoms with E-state index in [1.165, 1.54) is 19.3 Å². The maximum atomic E-state index is 12.6. The van der Waals surface area contributed by atoms with Crippen molar-refractivity contribution in [2.75, 3.05) is 18.0 Å². The van der Waals surface area contributed by atoms with Gasteiger partial charge in [-0.15, -0.1) is 0 Å². The SMILES string of the molecule is Cc1nc(-c2ccccc2)ccc1C(=O)NCc1ccc(N2CCCCC2)nc1. The minimum atomic E-state index is -0.116. The Bertz CT molecular complexity index is 964. The van der Waals surface area contributed by atoms with Gasteiger partial charge in [-0.05, 0) is 49.9 Å². The molecule has 29 heavy (non-hydrogen) atoms. The van der Waals surface area contributed by atoms with Crippen LogP contribution in [0.3, 0.4) is 0 Å². The Kier molecular flexibility index (Phi) is 5.84. The molecule has 0 spiro atoms. The molecule has 148 valence electrons. The molecular formula is C24H26N4O. The van der Waals surface area contributed by atoms with Crippen molar-refractivity contribution in [3.05, 3.63) is 77.6 Å². The number of benzene rings is 1. The summed E-state index contributed by atoms with van der Waals surface area (Å²) in [4.78, 5) is 24.1. The van der Waals surface area contributed by atoms with Crippen LogP contribution in [0, 0.1) is 6.92 Å². The molecule has 1 saturated heterocycles. The quantitative estimate of drug-likeness (QED) is 0.707. The molecule has 1 aliphatic heterocycles. The van der Waals surface area contributed by atoms with Crippen molar-refractivity contribution in [1.82, 2.24) is 15.3 Å². The number of nitrogens with one attached hydrogen (secondary N) is 1. The molecule has 2 aromatic heterocycles. The maximum Gasteiger partial charge on any atom is 0.253 e. The first-order valence-corrected chi connectivity index (χ1v) is 10.2. The lowest BCUT2D eigenvalue weighted by atomic mass is 10.1. The molecule has 1 N–H and O–H groups in total. The van der Waals surface area contributed by atoms with E-state index in [0.717, 1.165) is 41.4 Å². The van der Waals surface area contributed by atoms with Gasteiger partial charge < -0.3 is 10.2 Å². The van der Waals surface area contributed by atoms with Gasteiger partial charge in [-0.3, -0.25) is 9.78 Å². The number of carbonyl (C=O) groups is 1. The Hall–Kier alpha value is -3.21. The fourth-order valence-electron chi connectivity index (χ4n) is 3.68. The molecule has 5 heteroatoms. The molecular weight excluding hydrogens is 360 g/mol. The highest BCUT2D eigenvalue weighted by Crippen LogP contribution is 2.19. The lowest BCUT2D eigenvalue weighted by Crippen LogP contribution is -2.30. The van der Waals surface area contributed by atoms with Crippen molar-refractivity contribution in [2.24, 2.45) is 0 Å². The van der Waals surface area contributed by atoms with Crippen molar-refractivity contribution in [2.45, 2.75) is 32.7 Å².